The molecule has 6 heteroatoms. The molecule has 0 aliphatic carbocycles. The molecule has 0 aliphatic heterocycles. The van der Waals surface area contributed by atoms with Crippen LogP contribution < -0.4 is 5.32 Å². The number of hydrogen-bond donors (Lipinski definition) is 1. The van der Waals surface area contributed by atoms with E-state index in [4.69, 9.17) is 4.74 Å². The number of aryl methyl sites for hydroxylation is 1. The van der Waals surface area contributed by atoms with Crippen LogP contribution in [-0.4, -0.2) is 39.6 Å². The molecule has 0 spiro atoms. The Kier molecular flexibility index (Phi) is 6.35. The molecule has 0 saturated heterocycles. The third-order valence-electron chi connectivity index (χ3n) is 3.27. The predicted molar refractivity (Wildman–Crippen MR) is 95.3 cm³/mol. The van der Waals surface area contributed by atoms with Crippen LogP contribution in [0, 0.1) is 6.92 Å². The van der Waals surface area contributed by atoms with Crippen molar-refractivity contribution in [3.63, 3.8) is 0 Å². The molecule has 0 atom stereocenters. The first kappa shape index (κ1) is 19.9. The van der Waals surface area contributed by atoms with Gasteiger partial charge < -0.3 is 9.64 Å². The lowest BCUT2D eigenvalue weighted by molar-refractivity contribution is 0.0628. The van der Waals surface area contributed by atoms with Crippen molar-refractivity contribution in [3.05, 3.63) is 23.5 Å². The molecule has 2 amide bonds. The molecule has 0 aromatic carbocycles. The van der Waals surface area contributed by atoms with E-state index < -0.39 is 11.7 Å². The molecule has 0 radical (unpaired) electrons. The maximum atomic E-state index is 12.7. The van der Waals surface area contributed by atoms with Gasteiger partial charge in [-0.15, -0.1) is 0 Å². The van der Waals surface area contributed by atoms with Gasteiger partial charge in [-0.25, -0.2) is 9.78 Å². The van der Waals surface area contributed by atoms with Gasteiger partial charge in [0.05, 0.1) is 11.9 Å². The van der Waals surface area contributed by atoms with Crippen molar-refractivity contribution in [3.8, 4) is 0 Å². The van der Waals surface area contributed by atoms with Crippen LogP contribution in [0.15, 0.2) is 12.3 Å². The average molecular weight is 335 g/mol. The monoisotopic (exact) mass is 335 g/mol. The van der Waals surface area contributed by atoms with Gasteiger partial charge >= 0.3 is 6.09 Å². The summed E-state index contributed by atoms with van der Waals surface area (Å²) in [5, 5.41) is 2.63. The van der Waals surface area contributed by atoms with E-state index in [9.17, 15) is 9.59 Å². The van der Waals surface area contributed by atoms with E-state index in [2.05, 4.69) is 10.3 Å². The Bertz CT molecular complexity index is 596. The second-order valence-corrected chi connectivity index (χ2v) is 7.42. The molecular weight excluding hydrogens is 306 g/mol. The van der Waals surface area contributed by atoms with Crippen molar-refractivity contribution in [2.24, 2.45) is 0 Å². The number of nitrogens with one attached hydrogen (secondary N) is 1. The number of amides is 2. The van der Waals surface area contributed by atoms with Crippen LogP contribution in [0.4, 0.5) is 10.5 Å². The second-order valence-electron chi connectivity index (χ2n) is 7.42. The fourth-order valence-corrected chi connectivity index (χ4v) is 2.48. The highest BCUT2D eigenvalue weighted by Gasteiger charge is 2.24. The van der Waals surface area contributed by atoms with E-state index in [1.807, 2.05) is 27.7 Å². The fraction of sp³-hybridized carbons (Fsp3) is 0.611. The Morgan fingerprint density at radius 3 is 2.12 bits per heavy atom. The Morgan fingerprint density at radius 1 is 1.17 bits per heavy atom. The van der Waals surface area contributed by atoms with Gasteiger partial charge in [-0.2, -0.15) is 0 Å². The van der Waals surface area contributed by atoms with Crippen LogP contribution in [0.3, 0.4) is 0 Å². The standard InChI is InChI=1S/C18H29N3O3/c1-11(2)21(12(3)4)16(22)15-13(5)9-14(10-19-15)20-17(23)24-18(6,7)8/h9-12H,1-8H3,(H,20,23). The highest BCUT2D eigenvalue weighted by molar-refractivity contribution is 5.95. The van der Waals surface area contributed by atoms with Gasteiger partial charge in [0, 0.05) is 12.1 Å². The van der Waals surface area contributed by atoms with Gasteiger partial charge in [0.1, 0.15) is 11.3 Å². The summed E-state index contributed by atoms with van der Waals surface area (Å²) in [6.45, 7) is 15.1. The Hall–Kier alpha value is -2.11. The molecule has 1 N–H and O–H groups in total. The number of carbonyl (C=O) groups excluding carboxylic acids is 2. The molecular formula is C18H29N3O3. The molecule has 0 aliphatic rings. The van der Waals surface area contributed by atoms with Gasteiger partial charge in [-0.3, -0.25) is 10.1 Å². The summed E-state index contributed by atoms with van der Waals surface area (Å²) in [4.78, 5) is 30.6. The van der Waals surface area contributed by atoms with Gasteiger partial charge in [0.2, 0.25) is 0 Å². The first-order valence-electron chi connectivity index (χ1n) is 8.21. The number of aromatic nitrogens is 1. The number of anilines is 1. The van der Waals surface area contributed by atoms with Crippen LogP contribution in [0.5, 0.6) is 0 Å². The topological polar surface area (TPSA) is 71.5 Å². The number of nitrogens with zero attached hydrogens (tertiary/aromatic N) is 2. The molecule has 0 unspecified atom stereocenters. The van der Waals surface area contributed by atoms with Gasteiger partial charge in [0.25, 0.3) is 5.91 Å². The minimum atomic E-state index is -0.572. The van der Waals surface area contributed by atoms with Crippen LogP contribution in [0.1, 0.15) is 64.5 Å². The lowest BCUT2D eigenvalue weighted by Gasteiger charge is -2.30. The van der Waals surface area contributed by atoms with Crippen LogP contribution in [-0.2, 0) is 4.74 Å². The van der Waals surface area contributed by atoms with E-state index in [1.165, 1.54) is 6.20 Å². The molecule has 0 fully saturated rings. The third-order valence-corrected chi connectivity index (χ3v) is 3.27. The predicted octanol–water partition coefficient (Wildman–Crippen LogP) is 4.00. The summed E-state index contributed by atoms with van der Waals surface area (Å²) in [5.41, 5.74) is 1.03. The molecule has 1 aromatic rings. The number of pyridine rings is 1. The van der Waals surface area contributed by atoms with Crippen molar-refractivity contribution >= 4 is 17.7 Å². The molecule has 0 saturated carbocycles. The largest absolute Gasteiger partial charge is 0.444 e. The lowest BCUT2D eigenvalue weighted by Crippen LogP contribution is -2.42. The normalized spacial score (nSPS) is 11.6. The van der Waals surface area contributed by atoms with E-state index in [0.717, 1.165) is 0 Å². The zero-order chi connectivity index (χ0) is 18.7. The van der Waals surface area contributed by atoms with Crippen LogP contribution in [0.2, 0.25) is 0 Å². The SMILES string of the molecule is Cc1cc(NC(=O)OC(C)(C)C)cnc1C(=O)N(C(C)C)C(C)C. The van der Waals surface area contributed by atoms with Crippen molar-refractivity contribution < 1.29 is 14.3 Å². The van der Waals surface area contributed by atoms with Gasteiger partial charge in [-0.1, -0.05) is 0 Å². The molecule has 1 rings (SSSR count). The number of hydrogen-bond acceptors (Lipinski definition) is 4. The van der Waals surface area contributed by atoms with E-state index in [0.29, 0.717) is 16.9 Å². The molecule has 134 valence electrons. The van der Waals surface area contributed by atoms with Crippen molar-refractivity contribution in [1.82, 2.24) is 9.88 Å². The highest BCUT2D eigenvalue weighted by atomic mass is 16.6. The quantitative estimate of drug-likeness (QED) is 0.903. The summed E-state index contributed by atoms with van der Waals surface area (Å²) in [5.74, 6) is -0.110. The first-order valence-corrected chi connectivity index (χ1v) is 8.21. The summed E-state index contributed by atoms with van der Waals surface area (Å²) < 4.78 is 5.21. The maximum Gasteiger partial charge on any atom is 0.412 e. The lowest BCUT2D eigenvalue weighted by atomic mass is 10.1. The highest BCUT2D eigenvalue weighted by Crippen LogP contribution is 2.18. The first-order chi connectivity index (χ1) is 10.9. The summed E-state index contributed by atoms with van der Waals surface area (Å²) in [6, 6.07) is 1.89. The molecule has 24 heavy (non-hydrogen) atoms. The average Bonchev–Trinajstić information content (AvgIpc) is 2.34. The second kappa shape index (κ2) is 7.64. The van der Waals surface area contributed by atoms with Crippen molar-refractivity contribution in [2.45, 2.75) is 73.1 Å². The van der Waals surface area contributed by atoms with Crippen molar-refractivity contribution in [2.75, 3.05) is 5.32 Å². The minimum Gasteiger partial charge on any atom is -0.444 e. The Balaban J connectivity index is 2.95. The van der Waals surface area contributed by atoms with Crippen LogP contribution in [0.25, 0.3) is 0 Å². The Labute approximate surface area is 144 Å². The Morgan fingerprint density at radius 2 is 1.71 bits per heavy atom. The summed E-state index contributed by atoms with van der Waals surface area (Å²) in [6.07, 6.45) is 0.928. The third kappa shape index (κ3) is 5.51. The van der Waals surface area contributed by atoms with Crippen molar-refractivity contribution in [1.29, 1.82) is 0 Å². The number of ether oxygens (including phenoxy) is 1. The van der Waals surface area contributed by atoms with Gasteiger partial charge in [-0.05, 0) is 67.0 Å². The zero-order valence-corrected chi connectivity index (χ0v) is 15.9. The van der Waals surface area contributed by atoms with E-state index >= 15 is 0 Å². The van der Waals surface area contributed by atoms with E-state index in [1.54, 1.807) is 38.7 Å². The smallest absolute Gasteiger partial charge is 0.412 e. The van der Waals surface area contributed by atoms with Crippen LogP contribution >= 0.6 is 0 Å². The summed E-state index contributed by atoms with van der Waals surface area (Å²) in [7, 11) is 0. The van der Waals surface area contributed by atoms with E-state index in [-0.39, 0.29) is 18.0 Å². The molecule has 0 bridgehead atoms. The van der Waals surface area contributed by atoms with Gasteiger partial charge in [0.15, 0.2) is 0 Å². The molecule has 6 nitrogen and oxygen atoms in total. The zero-order valence-electron chi connectivity index (χ0n) is 15.9. The number of rotatable bonds is 4. The molecule has 1 heterocycles. The maximum absolute atomic E-state index is 12.7. The molecule has 1 aromatic heterocycles. The summed E-state index contributed by atoms with van der Waals surface area (Å²) >= 11 is 0. The minimum absolute atomic E-state index is 0.0817. The fourth-order valence-electron chi connectivity index (χ4n) is 2.48. The number of carbonyl (C=O) groups is 2.